The van der Waals surface area contributed by atoms with E-state index in [0.29, 0.717) is 6.42 Å². The van der Waals surface area contributed by atoms with Gasteiger partial charge in [0.2, 0.25) is 17.7 Å². The van der Waals surface area contributed by atoms with Gasteiger partial charge in [-0.3, -0.25) is 14.4 Å². The van der Waals surface area contributed by atoms with Crippen LogP contribution in [0, 0.1) is 5.92 Å². The van der Waals surface area contributed by atoms with Crippen molar-refractivity contribution in [3.05, 3.63) is 35.9 Å². The number of aliphatic hydroxyl groups is 1. The van der Waals surface area contributed by atoms with Gasteiger partial charge in [-0.15, -0.1) is 0 Å². The van der Waals surface area contributed by atoms with Gasteiger partial charge in [0, 0.05) is 12.2 Å². The molecule has 0 radical (unpaired) electrons. The van der Waals surface area contributed by atoms with E-state index in [-0.39, 0.29) is 18.1 Å². The minimum atomic E-state index is -1.41. The number of hydrogen-bond donors (Lipinski definition) is 7. The van der Waals surface area contributed by atoms with Gasteiger partial charge in [0.1, 0.15) is 18.1 Å². The monoisotopic (exact) mass is 468 g/mol. The van der Waals surface area contributed by atoms with Crippen LogP contribution in [0.15, 0.2) is 30.3 Å². The average Bonchev–Trinajstić information content (AvgIpc) is 2.79. The second-order valence-corrected chi connectivity index (χ2v) is 7.85. The minimum absolute atomic E-state index is 0.111. The van der Waals surface area contributed by atoms with Gasteiger partial charge in [-0.05, 0) is 11.5 Å². The van der Waals surface area contributed by atoms with E-state index in [1.807, 2.05) is 19.9 Å². The third-order valence-electron chi connectivity index (χ3n) is 5.09. The lowest BCUT2D eigenvalue weighted by Crippen LogP contribution is -2.59. The van der Waals surface area contributed by atoms with Crippen molar-refractivity contribution in [2.24, 2.45) is 11.7 Å². The first-order valence-corrected chi connectivity index (χ1v) is 10.9. The summed E-state index contributed by atoms with van der Waals surface area (Å²) in [6.07, 6.45) is 0.798. The lowest BCUT2D eigenvalue weighted by molar-refractivity contribution is -0.142. The predicted molar refractivity (Wildman–Crippen MR) is 122 cm³/mol. The Labute approximate surface area is 192 Å². The van der Waals surface area contributed by atoms with E-state index in [9.17, 15) is 24.3 Å². The Balaban J connectivity index is 2.98. The number of benzene rings is 1. The maximum Gasteiger partial charge on any atom is 0.327 e. The van der Waals surface area contributed by atoms with Crippen molar-refractivity contribution in [2.45, 2.75) is 50.9 Å². The third-order valence-corrected chi connectivity index (χ3v) is 5.45. The van der Waals surface area contributed by atoms with Gasteiger partial charge in [0.25, 0.3) is 0 Å². The quantitative estimate of drug-likeness (QED) is 0.183. The molecule has 1 rings (SSSR count). The number of thiol groups is 1. The van der Waals surface area contributed by atoms with Crippen LogP contribution in [0.1, 0.15) is 25.8 Å². The normalized spacial score (nSPS) is 15.5. The van der Waals surface area contributed by atoms with Crippen molar-refractivity contribution < 1.29 is 29.4 Å². The molecule has 0 saturated heterocycles. The zero-order valence-electron chi connectivity index (χ0n) is 18.2. The van der Waals surface area contributed by atoms with Crippen molar-refractivity contribution in [3.8, 4) is 0 Å². The molecule has 32 heavy (non-hydrogen) atoms. The summed E-state index contributed by atoms with van der Waals surface area (Å²) in [5.74, 6) is -3.70. The molecule has 0 fully saturated rings. The molecule has 5 unspecified atom stereocenters. The van der Waals surface area contributed by atoms with Crippen LogP contribution in [0.5, 0.6) is 0 Å². The van der Waals surface area contributed by atoms with E-state index in [1.165, 1.54) is 0 Å². The number of carbonyl (C=O) groups excluding carboxylic acids is 3. The molecule has 7 N–H and O–H groups in total. The Morgan fingerprint density at radius 1 is 0.969 bits per heavy atom. The maximum atomic E-state index is 12.9. The average molecular weight is 469 g/mol. The number of nitrogens with two attached hydrogens (primary N) is 1. The summed E-state index contributed by atoms with van der Waals surface area (Å²) >= 11 is 3.86. The summed E-state index contributed by atoms with van der Waals surface area (Å²) < 4.78 is 0. The number of amides is 3. The van der Waals surface area contributed by atoms with Gasteiger partial charge >= 0.3 is 5.97 Å². The van der Waals surface area contributed by atoms with Crippen molar-refractivity contribution in [1.29, 1.82) is 0 Å². The lowest BCUT2D eigenvalue weighted by atomic mass is 9.98. The molecule has 10 nitrogen and oxygen atoms in total. The number of carbonyl (C=O) groups is 4. The molecule has 0 saturated carbocycles. The number of hydrogen-bond acceptors (Lipinski definition) is 7. The largest absolute Gasteiger partial charge is 0.480 e. The first-order valence-electron chi connectivity index (χ1n) is 10.3. The molecule has 5 atom stereocenters. The van der Waals surface area contributed by atoms with Crippen LogP contribution in [-0.2, 0) is 25.6 Å². The van der Waals surface area contributed by atoms with Gasteiger partial charge in [-0.25, -0.2) is 4.79 Å². The van der Waals surface area contributed by atoms with Crippen molar-refractivity contribution in [2.75, 3.05) is 12.4 Å². The highest BCUT2D eigenvalue weighted by molar-refractivity contribution is 7.80. The highest BCUT2D eigenvalue weighted by atomic mass is 32.1. The molecule has 0 aromatic heterocycles. The van der Waals surface area contributed by atoms with E-state index in [1.54, 1.807) is 24.3 Å². The molecule has 11 heteroatoms. The van der Waals surface area contributed by atoms with Crippen LogP contribution in [0.3, 0.4) is 0 Å². The molecule has 0 bridgehead atoms. The van der Waals surface area contributed by atoms with Crippen molar-refractivity contribution >= 4 is 36.3 Å². The first kappa shape index (κ1) is 27.4. The van der Waals surface area contributed by atoms with Crippen LogP contribution in [0.25, 0.3) is 0 Å². The number of carboxylic acids is 1. The second-order valence-electron chi connectivity index (χ2n) is 7.49. The summed E-state index contributed by atoms with van der Waals surface area (Å²) in [6, 6.07) is 4.34. The number of carboxylic acid groups (broad SMARTS) is 1. The molecule has 0 spiro atoms. The molecule has 0 aliphatic rings. The predicted octanol–water partition coefficient (Wildman–Crippen LogP) is -0.936. The Morgan fingerprint density at radius 3 is 2.00 bits per heavy atom. The molecule has 1 aromatic rings. The van der Waals surface area contributed by atoms with Gasteiger partial charge in [-0.2, -0.15) is 12.6 Å². The van der Waals surface area contributed by atoms with Crippen molar-refractivity contribution in [3.63, 3.8) is 0 Å². The minimum Gasteiger partial charge on any atom is -0.480 e. The fourth-order valence-corrected chi connectivity index (χ4v) is 3.01. The van der Waals surface area contributed by atoms with E-state index in [0.717, 1.165) is 5.56 Å². The SMILES string of the molecule is CCC(C)C(N)C(=O)NC(Cc1ccccc1)C(=O)NC(CO)C(=O)NC(CS)C(=O)O. The number of rotatable bonds is 13. The van der Waals surface area contributed by atoms with Crippen LogP contribution in [-0.4, -0.2) is 70.4 Å². The number of aliphatic carboxylic acids is 1. The Hall–Kier alpha value is -2.63. The van der Waals surface area contributed by atoms with Crippen LogP contribution in [0.2, 0.25) is 0 Å². The molecule has 1 aromatic carbocycles. The molecular weight excluding hydrogens is 436 g/mol. The zero-order valence-corrected chi connectivity index (χ0v) is 19.0. The highest BCUT2D eigenvalue weighted by Gasteiger charge is 2.30. The first-order chi connectivity index (χ1) is 15.1. The van der Waals surface area contributed by atoms with Gasteiger partial charge < -0.3 is 31.9 Å². The summed E-state index contributed by atoms with van der Waals surface area (Å²) in [6.45, 7) is 2.95. The Morgan fingerprint density at radius 2 is 1.50 bits per heavy atom. The van der Waals surface area contributed by atoms with Crippen LogP contribution >= 0.6 is 12.6 Å². The fraction of sp³-hybridized carbons (Fsp3) is 0.524. The smallest absolute Gasteiger partial charge is 0.327 e. The molecule has 178 valence electrons. The molecule has 3 amide bonds. The van der Waals surface area contributed by atoms with E-state index >= 15 is 0 Å². The lowest BCUT2D eigenvalue weighted by Gasteiger charge is -2.25. The van der Waals surface area contributed by atoms with Gasteiger partial charge in [0.15, 0.2) is 0 Å². The molecule has 0 aliphatic heterocycles. The maximum absolute atomic E-state index is 12.9. The molecule has 0 heterocycles. The Bertz CT molecular complexity index is 779. The van der Waals surface area contributed by atoms with E-state index < -0.39 is 54.5 Å². The highest BCUT2D eigenvalue weighted by Crippen LogP contribution is 2.08. The fourth-order valence-electron chi connectivity index (χ4n) is 2.76. The van der Waals surface area contributed by atoms with Crippen molar-refractivity contribution in [1.82, 2.24) is 16.0 Å². The standard InChI is InChI=1S/C21H32N4O6S/c1-3-12(2)17(22)20(29)23-14(9-13-7-5-4-6-8-13)18(27)24-15(10-26)19(28)25-16(11-32)21(30)31/h4-8,12,14-17,26,32H,3,9-11,22H2,1-2H3,(H,23,29)(H,24,27)(H,25,28)(H,30,31). The van der Waals surface area contributed by atoms with Crippen LogP contribution < -0.4 is 21.7 Å². The number of aliphatic hydroxyl groups excluding tert-OH is 1. The topological polar surface area (TPSA) is 171 Å². The van der Waals surface area contributed by atoms with Gasteiger partial charge in [0.05, 0.1) is 12.6 Å². The summed E-state index contributed by atoms with van der Waals surface area (Å²) in [5.41, 5.74) is 6.74. The molecule has 0 aliphatic carbocycles. The van der Waals surface area contributed by atoms with E-state index in [4.69, 9.17) is 10.8 Å². The molecular formula is C21H32N4O6S. The van der Waals surface area contributed by atoms with Gasteiger partial charge in [-0.1, -0.05) is 50.6 Å². The summed E-state index contributed by atoms with van der Waals surface area (Å²) in [5, 5.41) is 25.8. The zero-order chi connectivity index (χ0) is 24.3. The number of nitrogens with one attached hydrogen (secondary N) is 3. The second kappa shape index (κ2) is 13.7. The third kappa shape index (κ3) is 8.48. The van der Waals surface area contributed by atoms with Crippen LogP contribution in [0.4, 0.5) is 0 Å². The summed E-state index contributed by atoms with van der Waals surface area (Å²) in [7, 11) is 0. The Kier molecular flexibility index (Phi) is 11.7. The van der Waals surface area contributed by atoms with E-state index in [2.05, 4.69) is 28.6 Å². The summed E-state index contributed by atoms with van der Waals surface area (Å²) in [4.78, 5) is 48.9.